The van der Waals surface area contributed by atoms with Gasteiger partial charge in [0.2, 0.25) is 0 Å². The van der Waals surface area contributed by atoms with Crippen LogP contribution in [0.5, 0.6) is 0 Å². The highest BCUT2D eigenvalue weighted by atomic mass is 28.4. The van der Waals surface area contributed by atoms with Crippen molar-refractivity contribution in [1.29, 1.82) is 0 Å². The minimum absolute atomic E-state index is 0.00728. The Morgan fingerprint density at radius 3 is 2.37 bits per heavy atom. The van der Waals surface area contributed by atoms with Crippen molar-refractivity contribution in [3.63, 3.8) is 0 Å². The predicted octanol–water partition coefficient (Wildman–Crippen LogP) is 3.44. The van der Waals surface area contributed by atoms with Gasteiger partial charge in [-0.15, -0.1) is 0 Å². The van der Waals surface area contributed by atoms with Gasteiger partial charge in [0.05, 0.1) is 6.10 Å². The molecular formula is C14H29NO3Si. The standard InChI is InChI=1S/C14H29NO3Si/c1-5-16-19(4,17-6-2)18-13(3)14-11-9-7-8-10-12-15-14/h13H,5-12H2,1-4H3. The number of hydrogen-bond donors (Lipinski definition) is 0. The first-order valence-electron chi connectivity index (χ1n) is 7.60. The van der Waals surface area contributed by atoms with Crippen LogP contribution in [0.1, 0.15) is 52.9 Å². The molecule has 1 aliphatic rings. The van der Waals surface area contributed by atoms with Crippen LogP contribution in [0.2, 0.25) is 6.55 Å². The molecule has 1 heterocycles. The monoisotopic (exact) mass is 287 g/mol. The van der Waals surface area contributed by atoms with Crippen LogP contribution >= 0.6 is 0 Å². The normalized spacial score (nSPS) is 19.5. The van der Waals surface area contributed by atoms with E-state index in [1.54, 1.807) is 0 Å². The predicted molar refractivity (Wildman–Crippen MR) is 80.8 cm³/mol. The molecule has 0 aromatic heterocycles. The van der Waals surface area contributed by atoms with Crippen LogP contribution in [-0.4, -0.2) is 40.4 Å². The molecule has 1 aliphatic heterocycles. The highest BCUT2D eigenvalue weighted by Gasteiger charge is 2.37. The van der Waals surface area contributed by atoms with E-state index in [0.29, 0.717) is 13.2 Å². The van der Waals surface area contributed by atoms with Crippen LogP contribution in [-0.2, 0) is 13.3 Å². The van der Waals surface area contributed by atoms with E-state index in [2.05, 4.69) is 6.92 Å². The second-order valence-corrected chi connectivity index (χ2v) is 7.56. The molecule has 0 spiro atoms. The number of aliphatic imine (C=N–C) groups is 1. The average molecular weight is 287 g/mol. The Labute approximate surface area is 118 Å². The van der Waals surface area contributed by atoms with Gasteiger partial charge in [-0.2, -0.15) is 0 Å². The topological polar surface area (TPSA) is 40.0 Å². The first kappa shape index (κ1) is 16.8. The van der Waals surface area contributed by atoms with E-state index in [1.807, 2.05) is 20.4 Å². The molecule has 1 unspecified atom stereocenters. The van der Waals surface area contributed by atoms with Gasteiger partial charge >= 0.3 is 8.80 Å². The van der Waals surface area contributed by atoms with E-state index in [-0.39, 0.29) is 6.10 Å². The maximum absolute atomic E-state index is 6.12. The quantitative estimate of drug-likeness (QED) is 0.673. The summed E-state index contributed by atoms with van der Waals surface area (Å²) in [6.45, 7) is 10.2. The van der Waals surface area contributed by atoms with Gasteiger partial charge in [-0.1, -0.05) is 12.8 Å². The fourth-order valence-electron chi connectivity index (χ4n) is 2.43. The van der Waals surface area contributed by atoms with Gasteiger partial charge in [0.25, 0.3) is 0 Å². The minimum atomic E-state index is -2.51. The lowest BCUT2D eigenvalue weighted by Gasteiger charge is -2.29. The van der Waals surface area contributed by atoms with Gasteiger partial charge in [0.15, 0.2) is 0 Å². The third-order valence-electron chi connectivity index (χ3n) is 3.33. The Morgan fingerprint density at radius 2 is 1.74 bits per heavy atom. The summed E-state index contributed by atoms with van der Waals surface area (Å²) in [5, 5.41) is 0. The molecule has 0 fully saturated rings. The van der Waals surface area contributed by atoms with E-state index in [4.69, 9.17) is 18.3 Å². The highest BCUT2D eigenvalue weighted by Crippen LogP contribution is 2.17. The van der Waals surface area contributed by atoms with Gasteiger partial charge < -0.3 is 13.3 Å². The zero-order valence-corrected chi connectivity index (χ0v) is 13.9. The molecule has 0 radical (unpaired) electrons. The van der Waals surface area contributed by atoms with Gasteiger partial charge in [-0.05, 0) is 40.0 Å². The Balaban J connectivity index is 2.61. The van der Waals surface area contributed by atoms with Crippen molar-refractivity contribution in [3.8, 4) is 0 Å². The van der Waals surface area contributed by atoms with E-state index in [9.17, 15) is 0 Å². The molecule has 0 N–H and O–H groups in total. The Hall–Kier alpha value is -0.233. The summed E-state index contributed by atoms with van der Waals surface area (Å²) in [4.78, 5) is 4.69. The van der Waals surface area contributed by atoms with Crippen molar-refractivity contribution >= 4 is 14.5 Å². The fourth-order valence-corrected chi connectivity index (χ4v) is 4.47. The third kappa shape index (κ3) is 6.16. The van der Waals surface area contributed by atoms with Crippen LogP contribution in [0.4, 0.5) is 0 Å². The maximum Gasteiger partial charge on any atom is 0.498 e. The summed E-state index contributed by atoms with van der Waals surface area (Å²) in [6.07, 6.45) is 6.07. The van der Waals surface area contributed by atoms with Crippen LogP contribution < -0.4 is 0 Å². The lowest BCUT2D eigenvalue weighted by molar-refractivity contribution is 0.0632. The van der Waals surface area contributed by atoms with E-state index in [1.165, 1.54) is 31.4 Å². The molecule has 0 saturated heterocycles. The Morgan fingerprint density at radius 1 is 1.11 bits per heavy atom. The molecule has 0 saturated carbocycles. The summed E-state index contributed by atoms with van der Waals surface area (Å²) in [5.74, 6) is 0. The summed E-state index contributed by atoms with van der Waals surface area (Å²) in [7, 11) is -2.51. The van der Waals surface area contributed by atoms with Gasteiger partial charge in [0.1, 0.15) is 0 Å². The SMILES string of the molecule is CCO[Si](C)(OCC)OC(C)C1=NCCCCCC1. The maximum atomic E-state index is 6.12. The summed E-state index contributed by atoms with van der Waals surface area (Å²) < 4.78 is 17.6. The first-order chi connectivity index (χ1) is 9.11. The van der Waals surface area contributed by atoms with Crippen molar-refractivity contribution in [1.82, 2.24) is 0 Å². The highest BCUT2D eigenvalue weighted by molar-refractivity contribution is 6.59. The molecule has 0 amide bonds. The molecule has 1 atom stereocenters. The molecule has 5 heteroatoms. The lowest BCUT2D eigenvalue weighted by atomic mass is 10.0. The van der Waals surface area contributed by atoms with Crippen LogP contribution in [0.3, 0.4) is 0 Å². The van der Waals surface area contributed by atoms with Crippen molar-refractivity contribution < 1.29 is 13.3 Å². The summed E-state index contributed by atoms with van der Waals surface area (Å²) >= 11 is 0. The number of nitrogens with zero attached hydrogens (tertiary/aromatic N) is 1. The van der Waals surface area contributed by atoms with Gasteiger partial charge in [0, 0.05) is 32.0 Å². The molecule has 19 heavy (non-hydrogen) atoms. The zero-order valence-electron chi connectivity index (χ0n) is 12.9. The van der Waals surface area contributed by atoms with Crippen molar-refractivity contribution in [2.75, 3.05) is 19.8 Å². The Kier molecular flexibility index (Phi) is 7.83. The molecule has 112 valence electrons. The van der Waals surface area contributed by atoms with Gasteiger partial charge in [-0.3, -0.25) is 4.99 Å². The zero-order chi connectivity index (χ0) is 14.1. The largest absolute Gasteiger partial charge is 0.498 e. The van der Waals surface area contributed by atoms with E-state index >= 15 is 0 Å². The first-order valence-corrected chi connectivity index (χ1v) is 9.82. The van der Waals surface area contributed by atoms with Crippen molar-refractivity contribution in [3.05, 3.63) is 0 Å². The van der Waals surface area contributed by atoms with E-state index in [0.717, 1.165) is 13.0 Å². The fraction of sp³-hybridized carbons (Fsp3) is 0.929. The molecular weight excluding hydrogens is 258 g/mol. The van der Waals surface area contributed by atoms with Crippen LogP contribution in [0, 0.1) is 0 Å². The molecule has 0 aromatic carbocycles. The van der Waals surface area contributed by atoms with Crippen molar-refractivity contribution in [2.45, 2.75) is 65.5 Å². The third-order valence-corrected chi connectivity index (χ3v) is 5.74. The Bertz CT molecular complexity index is 278. The smallest absolute Gasteiger partial charge is 0.374 e. The van der Waals surface area contributed by atoms with Crippen LogP contribution in [0.15, 0.2) is 4.99 Å². The number of rotatable bonds is 7. The molecule has 4 nitrogen and oxygen atoms in total. The second kappa shape index (κ2) is 8.84. The molecule has 0 aromatic rings. The summed E-state index contributed by atoms with van der Waals surface area (Å²) in [6, 6.07) is 0. The second-order valence-electron chi connectivity index (χ2n) is 5.03. The lowest BCUT2D eigenvalue weighted by Crippen LogP contribution is -2.46. The van der Waals surface area contributed by atoms with Crippen molar-refractivity contribution in [2.24, 2.45) is 4.99 Å². The molecule has 0 bridgehead atoms. The van der Waals surface area contributed by atoms with E-state index < -0.39 is 8.80 Å². The molecule has 1 rings (SSSR count). The minimum Gasteiger partial charge on any atom is -0.374 e. The van der Waals surface area contributed by atoms with Crippen LogP contribution in [0.25, 0.3) is 0 Å². The average Bonchev–Trinajstić information content (AvgIpc) is 2.28. The van der Waals surface area contributed by atoms with Gasteiger partial charge in [-0.25, -0.2) is 0 Å². The molecule has 0 aliphatic carbocycles. The summed E-state index contributed by atoms with van der Waals surface area (Å²) in [5.41, 5.74) is 1.18. The number of hydrogen-bond acceptors (Lipinski definition) is 4.